The molecule has 2 saturated heterocycles. The first kappa shape index (κ1) is 38.6. The molecule has 0 unspecified atom stereocenters. The molecule has 4 amide bonds. The second kappa shape index (κ2) is 14.3. The molecule has 1 saturated carbocycles. The van der Waals surface area contributed by atoms with Crippen molar-refractivity contribution in [2.24, 2.45) is 36.1 Å². The molecular weight excluding hydrogens is 864 g/mol. The molecule has 3 fully saturated rings. The van der Waals surface area contributed by atoms with Crippen LogP contribution in [0, 0.1) is 36.0 Å². The fourth-order valence-electron chi connectivity index (χ4n) is 10.2. The average Bonchev–Trinajstić information content (AvgIpc) is 3.91. The SMILES string of the molecule is Cc1c(-c2cc(N3C(=O)[C@@H]4C[C@@H]5C(=CC[C@@H]6C(=O)N(c7ccc(Br)cc7)C(=O)[C@@H]65)[C@H](c5ccc(OCc6ccccc6)cc5O)[C@]4(C)C3=O)n(C)n2)sc2ccc(Cl)cc12. The lowest BCUT2D eigenvalue weighted by Crippen LogP contribution is -2.49. The number of benzene rings is 4. The number of imide groups is 2. The van der Waals surface area contributed by atoms with Crippen molar-refractivity contribution in [1.29, 1.82) is 0 Å². The maximum Gasteiger partial charge on any atom is 0.242 e. The van der Waals surface area contributed by atoms with E-state index >= 15 is 9.59 Å². The van der Waals surface area contributed by atoms with Gasteiger partial charge < -0.3 is 9.84 Å². The van der Waals surface area contributed by atoms with Crippen LogP contribution in [0.4, 0.5) is 11.5 Å². The van der Waals surface area contributed by atoms with Crippen molar-refractivity contribution in [2.75, 3.05) is 9.80 Å². The molecule has 13 heteroatoms. The Morgan fingerprint density at radius 1 is 0.917 bits per heavy atom. The smallest absolute Gasteiger partial charge is 0.242 e. The predicted molar refractivity (Wildman–Crippen MR) is 234 cm³/mol. The number of fused-ring (bicyclic) bond motifs is 5. The maximum absolute atomic E-state index is 15.3. The molecule has 60 heavy (non-hydrogen) atoms. The Labute approximate surface area is 363 Å². The minimum Gasteiger partial charge on any atom is -0.508 e. The average molecular weight is 902 g/mol. The number of carbonyl (C=O) groups is 4. The molecule has 0 bridgehead atoms. The van der Waals surface area contributed by atoms with Crippen molar-refractivity contribution >= 4 is 84.1 Å². The second-order valence-electron chi connectivity index (χ2n) is 16.4. The van der Waals surface area contributed by atoms with Crippen LogP contribution < -0.4 is 14.5 Å². The van der Waals surface area contributed by atoms with Crippen molar-refractivity contribution < 1.29 is 29.0 Å². The summed E-state index contributed by atoms with van der Waals surface area (Å²) in [4.78, 5) is 62.4. The van der Waals surface area contributed by atoms with E-state index < -0.39 is 46.8 Å². The molecule has 0 spiro atoms. The number of hydrogen-bond donors (Lipinski definition) is 1. The van der Waals surface area contributed by atoms with Gasteiger partial charge in [-0.25, -0.2) is 4.90 Å². The highest BCUT2D eigenvalue weighted by atomic mass is 79.9. The normalized spacial score (nSPS) is 24.8. The largest absolute Gasteiger partial charge is 0.508 e. The van der Waals surface area contributed by atoms with Crippen LogP contribution >= 0.6 is 38.9 Å². The monoisotopic (exact) mass is 900 g/mol. The van der Waals surface area contributed by atoms with E-state index in [0.29, 0.717) is 33.5 Å². The molecule has 1 N–H and O–H groups in total. The molecule has 4 aliphatic rings. The Morgan fingerprint density at radius 3 is 2.43 bits per heavy atom. The molecule has 10 nitrogen and oxygen atoms in total. The van der Waals surface area contributed by atoms with Crippen LogP contribution in [0.2, 0.25) is 5.02 Å². The van der Waals surface area contributed by atoms with Crippen molar-refractivity contribution in [1.82, 2.24) is 9.78 Å². The van der Waals surface area contributed by atoms with Crippen LogP contribution in [0.1, 0.15) is 42.4 Å². The summed E-state index contributed by atoms with van der Waals surface area (Å²) in [5.41, 5.74) is 2.89. The van der Waals surface area contributed by atoms with Crippen molar-refractivity contribution in [3.63, 3.8) is 0 Å². The summed E-state index contributed by atoms with van der Waals surface area (Å²) in [6.07, 6.45) is 2.43. The lowest BCUT2D eigenvalue weighted by atomic mass is 9.51. The van der Waals surface area contributed by atoms with Gasteiger partial charge in [0.15, 0.2) is 0 Å². The van der Waals surface area contributed by atoms with Crippen LogP contribution in [0.15, 0.2) is 113 Å². The summed E-state index contributed by atoms with van der Waals surface area (Å²) < 4.78 is 9.48. The number of anilines is 2. The van der Waals surface area contributed by atoms with Gasteiger partial charge in [-0.05, 0) is 97.7 Å². The van der Waals surface area contributed by atoms with Gasteiger partial charge in [0.1, 0.15) is 29.6 Å². The summed E-state index contributed by atoms with van der Waals surface area (Å²) in [5, 5.41) is 18.4. The number of phenols is 1. The number of ether oxygens (including phenoxy) is 1. The third kappa shape index (κ3) is 5.82. The van der Waals surface area contributed by atoms with Gasteiger partial charge in [-0.2, -0.15) is 5.10 Å². The number of thiophene rings is 1. The van der Waals surface area contributed by atoms with Crippen molar-refractivity contribution in [3.05, 3.63) is 135 Å². The summed E-state index contributed by atoms with van der Waals surface area (Å²) in [5.74, 6) is -4.43. The number of amides is 4. The number of hydrogen-bond acceptors (Lipinski definition) is 8. The van der Waals surface area contributed by atoms with E-state index in [1.807, 2.05) is 61.5 Å². The highest BCUT2D eigenvalue weighted by Crippen LogP contribution is 2.64. The van der Waals surface area contributed by atoms with E-state index in [0.717, 1.165) is 36.1 Å². The fourth-order valence-corrected chi connectivity index (χ4v) is 11.8. The van der Waals surface area contributed by atoms with Gasteiger partial charge in [-0.15, -0.1) is 11.3 Å². The van der Waals surface area contributed by atoms with Crippen molar-refractivity contribution in [3.8, 4) is 22.1 Å². The van der Waals surface area contributed by atoms with E-state index in [-0.39, 0.29) is 37.0 Å². The topological polar surface area (TPSA) is 122 Å². The van der Waals surface area contributed by atoms with Gasteiger partial charge >= 0.3 is 0 Å². The molecular formula is C47H38BrClN4O6S. The van der Waals surface area contributed by atoms with Crippen LogP contribution in [-0.2, 0) is 32.8 Å². The first-order valence-corrected chi connectivity index (χ1v) is 21.8. The Balaban J connectivity index is 1.06. The quantitative estimate of drug-likeness (QED) is 0.125. The molecule has 2 aromatic heterocycles. The first-order chi connectivity index (χ1) is 28.8. The molecule has 302 valence electrons. The third-order valence-corrected chi connectivity index (χ3v) is 15.2. The molecule has 2 aliphatic heterocycles. The van der Waals surface area contributed by atoms with E-state index in [1.165, 1.54) is 9.80 Å². The van der Waals surface area contributed by atoms with E-state index in [2.05, 4.69) is 15.9 Å². The molecule has 10 rings (SSSR count). The molecule has 4 aromatic carbocycles. The number of aromatic hydroxyl groups is 1. The lowest BCUT2D eigenvalue weighted by molar-refractivity contribution is -0.131. The fraction of sp³-hybridized carbons (Fsp3) is 0.255. The van der Waals surface area contributed by atoms with Gasteiger partial charge in [-0.1, -0.05) is 75.6 Å². The number of rotatable bonds is 7. The Bertz CT molecular complexity index is 2840. The minimum atomic E-state index is -1.37. The standard InChI is InChI=1S/C47H38BrClN4O6S/c1-24-33-19-27(49)11-18-38(33)60-42(24)36-22-39(51(3)50-36)53-44(56)35-21-34-30(16-17-32-40(34)45(57)52(43(32)55)28-12-9-26(48)10-13-28)41(47(35,2)46(53)58)31-15-14-29(20-37(31)54)59-23-25-7-5-4-6-8-25/h4-16,18-20,22,32,34-35,40-41,54H,17,21,23H2,1-3H3/t32-,34+,35-,40-,41+,47+/m0/s1. The molecule has 4 heterocycles. The number of allylic oxidation sites excluding steroid dienone is 2. The molecule has 2 aliphatic carbocycles. The van der Waals surface area contributed by atoms with E-state index in [9.17, 15) is 14.7 Å². The Kier molecular flexibility index (Phi) is 9.19. The van der Waals surface area contributed by atoms with Crippen LogP contribution in [0.25, 0.3) is 20.7 Å². The van der Waals surface area contributed by atoms with Crippen LogP contribution in [0.3, 0.4) is 0 Å². The van der Waals surface area contributed by atoms with Crippen LogP contribution in [-0.4, -0.2) is 38.5 Å². The number of aryl methyl sites for hydroxylation is 2. The van der Waals surface area contributed by atoms with Gasteiger partial charge in [0.2, 0.25) is 23.6 Å². The first-order valence-electron chi connectivity index (χ1n) is 19.8. The second-order valence-corrected chi connectivity index (χ2v) is 18.8. The van der Waals surface area contributed by atoms with Gasteiger partial charge in [0.25, 0.3) is 0 Å². The predicted octanol–water partition coefficient (Wildman–Crippen LogP) is 9.75. The highest BCUT2D eigenvalue weighted by molar-refractivity contribution is 9.10. The van der Waals surface area contributed by atoms with Crippen molar-refractivity contribution in [2.45, 2.75) is 39.2 Å². The zero-order valence-electron chi connectivity index (χ0n) is 32.8. The third-order valence-electron chi connectivity index (χ3n) is 13.1. The minimum absolute atomic E-state index is 0.0959. The van der Waals surface area contributed by atoms with Gasteiger partial charge in [0.05, 0.1) is 33.7 Å². The highest BCUT2D eigenvalue weighted by Gasteiger charge is 2.68. The summed E-state index contributed by atoms with van der Waals surface area (Å²) in [7, 11) is 1.72. The number of nitrogens with zero attached hydrogens (tertiary/aromatic N) is 4. The number of aromatic nitrogens is 2. The maximum atomic E-state index is 15.3. The number of phenolic OH excluding ortho intramolecular Hbond substituents is 1. The molecule has 6 aromatic rings. The molecule has 0 radical (unpaired) electrons. The van der Waals surface area contributed by atoms with E-state index in [4.69, 9.17) is 21.4 Å². The number of halogens is 2. The zero-order valence-corrected chi connectivity index (χ0v) is 35.9. The Hall–Kier alpha value is -5.56. The summed E-state index contributed by atoms with van der Waals surface area (Å²) in [6, 6.07) is 29.3. The lowest BCUT2D eigenvalue weighted by Gasteiger charge is -2.49. The number of carbonyl (C=O) groups excluding carboxylic acids is 4. The zero-order chi connectivity index (χ0) is 41.8. The summed E-state index contributed by atoms with van der Waals surface area (Å²) >= 11 is 11.4. The molecule has 6 atom stereocenters. The Morgan fingerprint density at radius 2 is 1.68 bits per heavy atom. The van der Waals surface area contributed by atoms with E-state index in [1.54, 1.807) is 78.5 Å². The van der Waals surface area contributed by atoms with Gasteiger partial charge in [-0.3, -0.25) is 28.8 Å². The van der Waals surface area contributed by atoms with Gasteiger partial charge in [0, 0.05) is 44.9 Å². The summed E-state index contributed by atoms with van der Waals surface area (Å²) in [6.45, 7) is 4.09. The van der Waals surface area contributed by atoms with Crippen LogP contribution in [0.5, 0.6) is 11.5 Å².